The number of aromatic nitrogens is 3. The van der Waals surface area contributed by atoms with Crippen molar-refractivity contribution in [1.82, 2.24) is 15.2 Å². The molecular formula is C10H8ClN3OS. The van der Waals surface area contributed by atoms with Crippen LogP contribution in [0.2, 0.25) is 5.02 Å². The summed E-state index contributed by atoms with van der Waals surface area (Å²) in [5.74, 6) is -0.00175. The SMILES string of the molecule is CC(=O)c1ccc(Sc2ncn[nH]2)c(Cl)c1. The number of aromatic amines is 1. The van der Waals surface area contributed by atoms with Gasteiger partial charge < -0.3 is 0 Å². The maximum absolute atomic E-state index is 11.1. The van der Waals surface area contributed by atoms with E-state index in [4.69, 9.17) is 11.6 Å². The quantitative estimate of drug-likeness (QED) is 0.855. The third-order valence-corrected chi connectivity index (χ3v) is 3.33. The second-order valence-electron chi connectivity index (χ2n) is 3.09. The molecule has 1 N–H and O–H groups in total. The fraction of sp³-hybridized carbons (Fsp3) is 0.100. The van der Waals surface area contributed by atoms with Gasteiger partial charge in [-0.1, -0.05) is 17.7 Å². The summed E-state index contributed by atoms with van der Waals surface area (Å²) in [6.07, 6.45) is 1.43. The predicted molar refractivity (Wildman–Crippen MR) is 62.0 cm³/mol. The van der Waals surface area contributed by atoms with E-state index in [0.29, 0.717) is 15.7 Å². The lowest BCUT2D eigenvalue weighted by Crippen LogP contribution is -1.91. The first-order chi connectivity index (χ1) is 7.66. The Morgan fingerprint density at radius 2 is 2.31 bits per heavy atom. The Hall–Kier alpha value is -1.33. The number of rotatable bonds is 3. The molecule has 4 nitrogen and oxygen atoms in total. The molecule has 2 aromatic rings. The van der Waals surface area contributed by atoms with Crippen LogP contribution in [0.25, 0.3) is 0 Å². The van der Waals surface area contributed by atoms with Crippen molar-refractivity contribution in [3.05, 3.63) is 35.1 Å². The highest BCUT2D eigenvalue weighted by Gasteiger charge is 2.07. The first-order valence-corrected chi connectivity index (χ1v) is 5.70. The van der Waals surface area contributed by atoms with Gasteiger partial charge in [-0.15, -0.1) is 0 Å². The van der Waals surface area contributed by atoms with E-state index in [1.165, 1.54) is 25.0 Å². The molecule has 82 valence electrons. The zero-order valence-corrected chi connectivity index (χ0v) is 9.97. The van der Waals surface area contributed by atoms with Crippen LogP contribution in [0.5, 0.6) is 0 Å². The molecule has 0 bridgehead atoms. The van der Waals surface area contributed by atoms with Crippen LogP contribution < -0.4 is 0 Å². The van der Waals surface area contributed by atoms with Gasteiger partial charge in [-0.3, -0.25) is 9.89 Å². The molecule has 1 heterocycles. The van der Waals surface area contributed by atoms with E-state index in [0.717, 1.165) is 4.90 Å². The van der Waals surface area contributed by atoms with Gasteiger partial charge in [0.2, 0.25) is 0 Å². The van der Waals surface area contributed by atoms with Gasteiger partial charge >= 0.3 is 0 Å². The highest BCUT2D eigenvalue weighted by Crippen LogP contribution is 2.31. The second kappa shape index (κ2) is 4.67. The number of hydrogen-bond acceptors (Lipinski definition) is 4. The number of benzene rings is 1. The number of hydrogen-bond donors (Lipinski definition) is 1. The molecule has 0 spiro atoms. The lowest BCUT2D eigenvalue weighted by molar-refractivity contribution is 0.101. The summed E-state index contributed by atoms with van der Waals surface area (Å²) >= 11 is 7.42. The van der Waals surface area contributed by atoms with Gasteiger partial charge in [-0.25, -0.2) is 4.98 Å². The van der Waals surface area contributed by atoms with E-state index < -0.39 is 0 Å². The van der Waals surface area contributed by atoms with E-state index in [1.807, 2.05) is 0 Å². The van der Waals surface area contributed by atoms with E-state index in [1.54, 1.807) is 18.2 Å². The fourth-order valence-electron chi connectivity index (χ4n) is 1.15. The molecule has 0 atom stereocenters. The maximum atomic E-state index is 11.1. The smallest absolute Gasteiger partial charge is 0.188 e. The van der Waals surface area contributed by atoms with Gasteiger partial charge in [0.05, 0.1) is 5.02 Å². The maximum Gasteiger partial charge on any atom is 0.188 e. The van der Waals surface area contributed by atoms with E-state index >= 15 is 0 Å². The first kappa shape index (κ1) is 11.2. The molecule has 0 saturated carbocycles. The Labute approximate surface area is 101 Å². The molecule has 0 unspecified atom stereocenters. The minimum absolute atomic E-state index is 0.00175. The van der Waals surface area contributed by atoms with Crippen molar-refractivity contribution in [2.75, 3.05) is 0 Å². The summed E-state index contributed by atoms with van der Waals surface area (Å²) in [5.41, 5.74) is 0.604. The van der Waals surface area contributed by atoms with Crippen LogP contribution in [0, 0.1) is 0 Å². The monoisotopic (exact) mass is 253 g/mol. The predicted octanol–water partition coefficient (Wildman–Crippen LogP) is 2.81. The average Bonchev–Trinajstić information content (AvgIpc) is 2.73. The fourth-order valence-corrected chi connectivity index (χ4v) is 2.15. The number of nitrogens with zero attached hydrogens (tertiary/aromatic N) is 2. The van der Waals surface area contributed by atoms with Crippen LogP contribution in [0.4, 0.5) is 0 Å². The lowest BCUT2D eigenvalue weighted by Gasteiger charge is -2.02. The zero-order valence-electron chi connectivity index (χ0n) is 8.40. The number of ketones is 1. The summed E-state index contributed by atoms with van der Waals surface area (Å²) < 4.78 is 0. The van der Waals surface area contributed by atoms with Crippen LogP contribution >= 0.6 is 23.4 Å². The number of nitrogens with one attached hydrogen (secondary N) is 1. The molecule has 2 rings (SSSR count). The first-order valence-electron chi connectivity index (χ1n) is 4.50. The normalized spacial score (nSPS) is 10.4. The Morgan fingerprint density at radius 3 is 2.88 bits per heavy atom. The van der Waals surface area contributed by atoms with Crippen molar-refractivity contribution in [2.45, 2.75) is 17.0 Å². The molecule has 16 heavy (non-hydrogen) atoms. The zero-order chi connectivity index (χ0) is 11.5. The summed E-state index contributed by atoms with van der Waals surface area (Å²) in [5, 5.41) is 7.67. The van der Waals surface area contributed by atoms with Crippen molar-refractivity contribution >= 4 is 29.1 Å². The van der Waals surface area contributed by atoms with E-state index in [-0.39, 0.29) is 5.78 Å². The van der Waals surface area contributed by atoms with Crippen LogP contribution in [0.1, 0.15) is 17.3 Å². The van der Waals surface area contributed by atoms with Gasteiger partial charge in [-0.2, -0.15) is 5.10 Å². The van der Waals surface area contributed by atoms with Crippen LogP contribution in [-0.4, -0.2) is 21.0 Å². The Kier molecular flexibility index (Phi) is 3.26. The third-order valence-electron chi connectivity index (χ3n) is 1.94. The molecular weight excluding hydrogens is 246 g/mol. The second-order valence-corrected chi connectivity index (χ2v) is 4.53. The molecule has 0 aliphatic rings. The van der Waals surface area contributed by atoms with E-state index in [2.05, 4.69) is 15.2 Å². The van der Waals surface area contributed by atoms with Crippen molar-refractivity contribution in [2.24, 2.45) is 0 Å². The van der Waals surface area contributed by atoms with Crippen molar-refractivity contribution in [3.63, 3.8) is 0 Å². The number of Topliss-reactive ketones (excluding diaryl/α,β-unsaturated/α-hetero) is 1. The third kappa shape index (κ3) is 2.43. The summed E-state index contributed by atoms with van der Waals surface area (Å²) in [7, 11) is 0. The van der Waals surface area contributed by atoms with Gasteiger partial charge in [-0.05, 0) is 30.8 Å². The van der Waals surface area contributed by atoms with Crippen LogP contribution in [0.15, 0.2) is 34.6 Å². The molecule has 0 aliphatic heterocycles. The Balaban J connectivity index is 2.26. The van der Waals surface area contributed by atoms with Gasteiger partial charge in [0, 0.05) is 10.5 Å². The van der Waals surface area contributed by atoms with Crippen LogP contribution in [0.3, 0.4) is 0 Å². The highest BCUT2D eigenvalue weighted by molar-refractivity contribution is 7.99. The van der Waals surface area contributed by atoms with Crippen molar-refractivity contribution in [1.29, 1.82) is 0 Å². The molecule has 1 aromatic heterocycles. The molecule has 0 radical (unpaired) electrons. The molecule has 0 saturated heterocycles. The largest absolute Gasteiger partial charge is 0.295 e. The summed E-state index contributed by atoms with van der Waals surface area (Å²) in [4.78, 5) is 15.9. The highest BCUT2D eigenvalue weighted by atomic mass is 35.5. The van der Waals surface area contributed by atoms with Crippen molar-refractivity contribution < 1.29 is 4.79 Å². The topological polar surface area (TPSA) is 58.6 Å². The van der Waals surface area contributed by atoms with Gasteiger partial charge in [0.1, 0.15) is 6.33 Å². The Bertz CT molecular complexity index is 513. The molecule has 0 fully saturated rings. The number of halogens is 1. The lowest BCUT2D eigenvalue weighted by atomic mass is 10.1. The molecule has 0 amide bonds. The van der Waals surface area contributed by atoms with Crippen LogP contribution in [-0.2, 0) is 0 Å². The van der Waals surface area contributed by atoms with Gasteiger partial charge in [0.25, 0.3) is 0 Å². The number of H-pyrrole nitrogens is 1. The molecule has 6 heteroatoms. The minimum Gasteiger partial charge on any atom is -0.295 e. The number of carbonyl (C=O) groups excluding carboxylic acids is 1. The van der Waals surface area contributed by atoms with Crippen molar-refractivity contribution in [3.8, 4) is 0 Å². The average molecular weight is 254 g/mol. The number of carbonyl (C=O) groups is 1. The van der Waals surface area contributed by atoms with E-state index in [9.17, 15) is 4.79 Å². The summed E-state index contributed by atoms with van der Waals surface area (Å²) in [6, 6.07) is 5.20. The molecule has 1 aromatic carbocycles. The minimum atomic E-state index is -0.00175. The molecule has 0 aliphatic carbocycles. The standard InChI is InChI=1S/C10H8ClN3OS/c1-6(15)7-2-3-9(8(11)4-7)16-10-12-5-13-14-10/h2-5H,1H3,(H,12,13,14). The summed E-state index contributed by atoms with van der Waals surface area (Å²) in [6.45, 7) is 1.51. The Morgan fingerprint density at radius 1 is 1.50 bits per heavy atom. The van der Waals surface area contributed by atoms with Gasteiger partial charge in [0.15, 0.2) is 10.9 Å².